The predicted molar refractivity (Wildman–Crippen MR) is 98.9 cm³/mol. The van der Waals surface area contributed by atoms with Crippen LogP contribution in [0.15, 0.2) is 60.8 Å². The van der Waals surface area contributed by atoms with Crippen molar-refractivity contribution in [1.82, 2.24) is 4.98 Å². The molecule has 130 valence electrons. The standard InChI is InChI=1S/C20H13ClF2N2O/c21-17-12-19(23)18(22)11-16(17)20(26)25-15-6-3-4-13(10-15)7-8-14-5-1-2-9-24-14/h1-12H,(H,25,26). The quantitative estimate of drug-likeness (QED) is 0.622. The molecular formula is C20H13ClF2N2O. The molecule has 1 heterocycles. The molecule has 0 bridgehead atoms. The third-order valence-corrected chi connectivity index (χ3v) is 3.85. The molecule has 0 spiro atoms. The number of carbonyl (C=O) groups excluding carboxylic acids is 1. The van der Waals surface area contributed by atoms with Crippen LogP contribution >= 0.6 is 11.6 Å². The second-order valence-corrected chi connectivity index (χ2v) is 5.82. The van der Waals surface area contributed by atoms with E-state index in [1.807, 2.05) is 36.4 Å². The van der Waals surface area contributed by atoms with Gasteiger partial charge in [-0.15, -0.1) is 0 Å². The number of nitrogens with one attached hydrogen (secondary N) is 1. The fraction of sp³-hybridized carbons (Fsp3) is 0. The Labute approximate surface area is 154 Å². The van der Waals surface area contributed by atoms with E-state index in [1.54, 1.807) is 24.4 Å². The van der Waals surface area contributed by atoms with E-state index in [9.17, 15) is 13.6 Å². The molecule has 6 heteroatoms. The summed E-state index contributed by atoms with van der Waals surface area (Å²) in [4.78, 5) is 16.5. The minimum absolute atomic E-state index is 0.139. The van der Waals surface area contributed by atoms with Gasteiger partial charge in [0.2, 0.25) is 0 Å². The van der Waals surface area contributed by atoms with E-state index in [0.29, 0.717) is 5.69 Å². The molecule has 26 heavy (non-hydrogen) atoms. The van der Waals surface area contributed by atoms with Crippen molar-refractivity contribution in [2.45, 2.75) is 0 Å². The van der Waals surface area contributed by atoms with Gasteiger partial charge in [0.25, 0.3) is 5.91 Å². The number of anilines is 1. The van der Waals surface area contributed by atoms with Crippen molar-refractivity contribution in [1.29, 1.82) is 0 Å². The van der Waals surface area contributed by atoms with Crippen LogP contribution in [0, 0.1) is 11.6 Å². The summed E-state index contributed by atoms with van der Waals surface area (Å²) in [5, 5.41) is 2.46. The van der Waals surface area contributed by atoms with Crippen molar-refractivity contribution in [3.05, 3.63) is 94.3 Å². The Morgan fingerprint density at radius 3 is 2.58 bits per heavy atom. The second-order valence-electron chi connectivity index (χ2n) is 5.41. The van der Waals surface area contributed by atoms with Crippen molar-refractivity contribution in [3.8, 4) is 0 Å². The number of hydrogen-bond donors (Lipinski definition) is 1. The highest BCUT2D eigenvalue weighted by Crippen LogP contribution is 2.22. The van der Waals surface area contributed by atoms with Crippen molar-refractivity contribution in [2.24, 2.45) is 0 Å². The highest BCUT2D eigenvalue weighted by Gasteiger charge is 2.15. The number of nitrogens with zero attached hydrogens (tertiary/aromatic N) is 1. The molecular weight excluding hydrogens is 358 g/mol. The summed E-state index contributed by atoms with van der Waals surface area (Å²) >= 11 is 5.83. The molecule has 0 aliphatic rings. The Morgan fingerprint density at radius 2 is 1.81 bits per heavy atom. The molecule has 1 amide bonds. The maximum atomic E-state index is 13.4. The number of rotatable bonds is 4. The number of aromatic nitrogens is 1. The third-order valence-electron chi connectivity index (χ3n) is 3.53. The van der Waals surface area contributed by atoms with E-state index in [0.717, 1.165) is 23.4 Å². The first-order valence-corrected chi connectivity index (χ1v) is 8.06. The van der Waals surface area contributed by atoms with Gasteiger partial charge in [-0.3, -0.25) is 9.78 Å². The monoisotopic (exact) mass is 370 g/mol. The summed E-state index contributed by atoms with van der Waals surface area (Å²) in [5.74, 6) is -2.86. The zero-order valence-corrected chi connectivity index (χ0v) is 14.2. The summed E-state index contributed by atoms with van der Waals surface area (Å²) < 4.78 is 26.5. The van der Waals surface area contributed by atoms with Gasteiger partial charge in [-0.25, -0.2) is 8.78 Å². The van der Waals surface area contributed by atoms with Gasteiger partial charge < -0.3 is 5.32 Å². The Hall–Kier alpha value is -3.05. The van der Waals surface area contributed by atoms with E-state index in [-0.39, 0.29) is 10.6 Å². The number of carbonyl (C=O) groups is 1. The van der Waals surface area contributed by atoms with Gasteiger partial charge in [-0.2, -0.15) is 0 Å². The molecule has 0 fully saturated rings. The van der Waals surface area contributed by atoms with Gasteiger partial charge in [0.05, 0.1) is 16.3 Å². The van der Waals surface area contributed by atoms with Crippen molar-refractivity contribution < 1.29 is 13.6 Å². The Balaban J connectivity index is 1.77. The average molecular weight is 371 g/mol. The van der Waals surface area contributed by atoms with Crippen molar-refractivity contribution >= 4 is 35.3 Å². The molecule has 3 rings (SSSR count). The fourth-order valence-corrected chi connectivity index (χ4v) is 2.51. The highest BCUT2D eigenvalue weighted by atomic mass is 35.5. The maximum Gasteiger partial charge on any atom is 0.257 e. The van der Waals surface area contributed by atoms with E-state index < -0.39 is 17.5 Å². The molecule has 1 N–H and O–H groups in total. The molecule has 0 saturated heterocycles. The Bertz CT molecular complexity index is 975. The van der Waals surface area contributed by atoms with Crippen LogP contribution in [0.3, 0.4) is 0 Å². The van der Waals surface area contributed by atoms with Crippen LogP contribution in [0.4, 0.5) is 14.5 Å². The minimum Gasteiger partial charge on any atom is -0.322 e. The lowest BCUT2D eigenvalue weighted by molar-refractivity contribution is 0.102. The maximum absolute atomic E-state index is 13.4. The van der Waals surface area contributed by atoms with E-state index in [1.165, 1.54) is 0 Å². The van der Waals surface area contributed by atoms with Gasteiger partial charge in [-0.05, 0) is 48.0 Å². The largest absolute Gasteiger partial charge is 0.322 e. The van der Waals surface area contributed by atoms with Gasteiger partial charge in [0, 0.05) is 11.9 Å². The average Bonchev–Trinajstić information content (AvgIpc) is 2.64. The molecule has 0 saturated carbocycles. The summed E-state index contributed by atoms with van der Waals surface area (Å²) in [6, 6.07) is 14.2. The van der Waals surface area contributed by atoms with Crippen molar-refractivity contribution in [3.63, 3.8) is 0 Å². The molecule has 0 unspecified atom stereocenters. The second kappa shape index (κ2) is 7.89. The zero-order chi connectivity index (χ0) is 18.5. The molecule has 0 atom stereocenters. The lowest BCUT2D eigenvalue weighted by atomic mass is 10.1. The predicted octanol–water partition coefficient (Wildman–Crippen LogP) is 5.44. The molecule has 0 radical (unpaired) electrons. The zero-order valence-electron chi connectivity index (χ0n) is 13.4. The van der Waals surface area contributed by atoms with E-state index in [2.05, 4.69) is 10.3 Å². The molecule has 1 aromatic heterocycles. The molecule has 0 aliphatic carbocycles. The summed E-state index contributed by atoms with van der Waals surface area (Å²) in [6.07, 6.45) is 5.39. The summed E-state index contributed by atoms with van der Waals surface area (Å²) in [5.41, 5.74) is 2.00. The molecule has 2 aromatic carbocycles. The normalized spacial score (nSPS) is 10.9. The van der Waals surface area contributed by atoms with E-state index in [4.69, 9.17) is 11.6 Å². The number of hydrogen-bond acceptors (Lipinski definition) is 2. The Morgan fingerprint density at radius 1 is 1.00 bits per heavy atom. The molecule has 0 aliphatic heterocycles. The summed E-state index contributed by atoms with van der Waals surface area (Å²) in [6.45, 7) is 0. The number of halogens is 3. The third kappa shape index (κ3) is 4.32. The van der Waals surface area contributed by atoms with Gasteiger partial charge in [0.15, 0.2) is 11.6 Å². The van der Waals surface area contributed by atoms with Crippen LogP contribution in [-0.2, 0) is 0 Å². The first kappa shape index (κ1) is 17.8. The lowest BCUT2D eigenvalue weighted by Crippen LogP contribution is -2.13. The number of pyridine rings is 1. The van der Waals surface area contributed by atoms with Crippen LogP contribution in [0.1, 0.15) is 21.6 Å². The van der Waals surface area contributed by atoms with E-state index >= 15 is 0 Å². The fourth-order valence-electron chi connectivity index (χ4n) is 2.27. The minimum atomic E-state index is -1.13. The van der Waals surface area contributed by atoms with Crippen LogP contribution in [-0.4, -0.2) is 10.9 Å². The number of amides is 1. The van der Waals surface area contributed by atoms with Gasteiger partial charge in [-0.1, -0.05) is 35.9 Å². The topological polar surface area (TPSA) is 42.0 Å². The lowest BCUT2D eigenvalue weighted by Gasteiger charge is -2.08. The van der Waals surface area contributed by atoms with Crippen molar-refractivity contribution in [2.75, 3.05) is 5.32 Å². The smallest absolute Gasteiger partial charge is 0.257 e. The van der Waals surface area contributed by atoms with Crippen LogP contribution in [0.25, 0.3) is 12.2 Å². The number of benzene rings is 2. The SMILES string of the molecule is O=C(Nc1cccc(C=Cc2ccccn2)c1)c1cc(F)c(F)cc1Cl. The van der Waals surface area contributed by atoms with Crippen LogP contribution in [0.5, 0.6) is 0 Å². The highest BCUT2D eigenvalue weighted by molar-refractivity contribution is 6.34. The molecule has 3 nitrogen and oxygen atoms in total. The Kier molecular flexibility index (Phi) is 5.39. The molecule has 3 aromatic rings. The van der Waals surface area contributed by atoms with Crippen LogP contribution < -0.4 is 5.32 Å². The van der Waals surface area contributed by atoms with Gasteiger partial charge >= 0.3 is 0 Å². The first-order chi connectivity index (χ1) is 12.5. The first-order valence-electron chi connectivity index (χ1n) is 7.68. The van der Waals surface area contributed by atoms with Crippen LogP contribution in [0.2, 0.25) is 5.02 Å². The summed E-state index contributed by atoms with van der Waals surface area (Å²) in [7, 11) is 0. The van der Waals surface area contributed by atoms with Gasteiger partial charge in [0.1, 0.15) is 0 Å².